The van der Waals surface area contributed by atoms with E-state index in [1.54, 1.807) is 24.5 Å². The third-order valence-corrected chi connectivity index (χ3v) is 3.17. The summed E-state index contributed by atoms with van der Waals surface area (Å²) in [6, 6.07) is 9.25. The number of carbonyl (C=O) groups is 1. The van der Waals surface area contributed by atoms with Crippen molar-refractivity contribution >= 4 is 21.8 Å². The minimum absolute atomic E-state index is 0.0837. The number of hydrogen-bond donors (Lipinski definition) is 1. The van der Waals surface area contributed by atoms with Gasteiger partial charge in [-0.15, -0.1) is 0 Å². The highest BCUT2D eigenvalue weighted by atomic mass is 79.9. The van der Waals surface area contributed by atoms with Crippen LogP contribution in [0.1, 0.15) is 21.5 Å². The van der Waals surface area contributed by atoms with Gasteiger partial charge in [-0.3, -0.25) is 9.78 Å². The van der Waals surface area contributed by atoms with E-state index in [0.29, 0.717) is 12.1 Å². The lowest BCUT2D eigenvalue weighted by Crippen LogP contribution is -2.23. The van der Waals surface area contributed by atoms with Crippen molar-refractivity contribution < 1.29 is 4.79 Å². The number of nitrogens with one attached hydrogen (secondary N) is 1. The van der Waals surface area contributed by atoms with Crippen molar-refractivity contribution in [2.45, 2.75) is 13.5 Å². The predicted molar refractivity (Wildman–Crippen MR) is 74.3 cm³/mol. The lowest BCUT2D eigenvalue weighted by atomic mass is 10.1. The van der Waals surface area contributed by atoms with E-state index in [1.165, 1.54) is 0 Å². The minimum atomic E-state index is -0.0837. The van der Waals surface area contributed by atoms with E-state index in [9.17, 15) is 4.79 Å². The zero-order valence-corrected chi connectivity index (χ0v) is 11.6. The van der Waals surface area contributed by atoms with Crippen molar-refractivity contribution in [1.82, 2.24) is 10.3 Å². The smallest absolute Gasteiger partial charge is 0.251 e. The maximum absolute atomic E-state index is 11.9. The number of hydrogen-bond acceptors (Lipinski definition) is 2. The van der Waals surface area contributed by atoms with Crippen LogP contribution in [-0.4, -0.2) is 10.9 Å². The van der Waals surface area contributed by atoms with Gasteiger partial charge in [-0.25, -0.2) is 0 Å². The number of benzene rings is 1. The summed E-state index contributed by atoms with van der Waals surface area (Å²) in [6.07, 6.45) is 3.52. The molecule has 1 aromatic carbocycles. The third-order valence-electron chi connectivity index (χ3n) is 2.67. The van der Waals surface area contributed by atoms with Crippen LogP contribution in [0.15, 0.2) is 47.2 Å². The molecule has 2 aromatic rings. The van der Waals surface area contributed by atoms with Crippen molar-refractivity contribution in [2.24, 2.45) is 0 Å². The second-order valence-corrected chi connectivity index (χ2v) is 4.91. The Hall–Kier alpha value is -1.68. The summed E-state index contributed by atoms with van der Waals surface area (Å²) in [5.74, 6) is -0.0837. The fraction of sp³-hybridized carbons (Fsp3) is 0.143. The average Bonchev–Trinajstić information content (AvgIpc) is 2.37. The van der Waals surface area contributed by atoms with Crippen LogP contribution in [-0.2, 0) is 6.54 Å². The van der Waals surface area contributed by atoms with Crippen LogP contribution in [0.25, 0.3) is 0 Å². The molecule has 0 bridgehead atoms. The molecule has 0 saturated heterocycles. The summed E-state index contributed by atoms with van der Waals surface area (Å²) >= 11 is 3.35. The Bertz CT molecular complexity index is 569. The van der Waals surface area contributed by atoms with Crippen molar-refractivity contribution in [3.8, 4) is 0 Å². The van der Waals surface area contributed by atoms with Gasteiger partial charge in [0.25, 0.3) is 5.91 Å². The first kappa shape index (κ1) is 12.8. The van der Waals surface area contributed by atoms with Gasteiger partial charge in [0.2, 0.25) is 0 Å². The minimum Gasteiger partial charge on any atom is -0.348 e. The van der Waals surface area contributed by atoms with Gasteiger partial charge in [-0.2, -0.15) is 0 Å². The Kier molecular flexibility index (Phi) is 4.10. The van der Waals surface area contributed by atoms with Crippen molar-refractivity contribution in [2.75, 3.05) is 0 Å². The second kappa shape index (κ2) is 5.78. The fourth-order valence-electron chi connectivity index (χ4n) is 1.59. The van der Waals surface area contributed by atoms with E-state index in [0.717, 1.165) is 15.6 Å². The van der Waals surface area contributed by atoms with Crippen LogP contribution in [0.5, 0.6) is 0 Å². The molecule has 0 aliphatic heterocycles. The van der Waals surface area contributed by atoms with E-state index >= 15 is 0 Å². The number of amides is 1. The molecule has 3 nitrogen and oxygen atoms in total. The largest absolute Gasteiger partial charge is 0.348 e. The molecule has 0 saturated carbocycles. The first-order chi connectivity index (χ1) is 8.66. The summed E-state index contributed by atoms with van der Waals surface area (Å²) < 4.78 is 0.896. The van der Waals surface area contributed by atoms with Crippen LogP contribution >= 0.6 is 15.9 Å². The first-order valence-corrected chi connectivity index (χ1v) is 6.39. The Balaban J connectivity index is 2.03. The van der Waals surface area contributed by atoms with Crippen LogP contribution in [0.4, 0.5) is 0 Å². The molecule has 1 N–H and O–H groups in total. The zero-order chi connectivity index (χ0) is 13.0. The third kappa shape index (κ3) is 3.17. The normalized spacial score (nSPS) is 10.1. The lowest BCUT2D eigenvalue weighted by molar-refractivity contribution is 0.0951. The molecule has 4 heteroatoms. The number of aromatic nitrogens is 1. The zero-order valence-electron chi connectivity index (χ0n) is 9.98. The van der Waals surface area contributed by atoms with Crippen LogP contribution in [0.2, 0.25) is 0 Å². The molecule has 0 unspecified atom stereocenters. The lowest BCUT2D eigenvalue weighted by Gasteiger charge is -2.07. The molecule has 2 rings (SSSR count). The number of halogens is 1. The predicted octanol–water partition coefficient (Wildman–Crippen LogP) is 3.08. The molecule has 1 amide bonds. The number of nitrogens with zero attached hydrogens (tertiary/aromatic N) is 1. The number of aryl methyl sites for hydroxylation is 1. The van der Waals surface area contributed by atoms with Gasteiger partial charge in [-0.1, -0.05) is 22.0 Å². The second-order valence-electron chi connectivity index (χ2n) is 4.00. The van der Waals surface area contributed by atoms with E-state index < -0.39 is 0 Å². The topological polar surface area (TPSA) is 42.0 Å². The molecule has 1 heterocycles. The molecule has 0 aliphatic rings. The van der Waals surface area contributed by atoms with Crippen molar-refractivity contribution in [3.05, 3.63) is 63.9 Å². The molecule has 0 atom stereocenters. The van der Waals surface area contributed by atoms with Crippen LogP contribution < -0.4 is 5.32 Å². The standard InChI is InChI=1S/C14H13BrN2O/c1-10-5-6-16-8-12(10)9-17-14(18)11-3-2-4-13(15)7-11/h2-8H,9H2,1H3,(H,17,18). The summed E-state index contributed by atoms with van der Waals surface area (Å²) in [5.41, 5.74) is 2.80. The van der Waals surface area contributed by atoms with Gasteiger partial charge in [0.05, 0.1) is 0 Å². The summed E-state index contributed by atoms with van der Waals surface area (Å²) in [5, 5.41) is 2.88. The van der Waals surface area contributed by atoms with Gasteiger partial charge in [-0.05, 0) is 42.3 Å². The van der Waals surface area contributed by atoms with E-state index in [2.05, 4.69) is 26.2 Å². The van der Waals surface area contributed by atoms with Crippen molar-refractivity contribution in [3.63, 3.8) is 0 Å². The van der Waals surface area contributed by atoms with Crippen LogP contribution in [0, 0.1) is 6.92 Å². The molecule has 1 aromatic heterocycles. The van der Waals surface area contributed by atoms with Crippen LogP contribution in [0.3, 0.4) is 0 Å². The highest BCUT2D eigenvalue weighted by Crippen LogP contribution is 2.12. The maximum atomic E-state index is 11.9. The fourth-order valence-corrected chi connectivity index (χ4v) is 1.99. The van der Waals surface area contributed by atoms with Crippen molar-refractivity contribution in [1.29, 1.82) is 0 Å². The summed E-state index contributed by atoms with van der Waals surface area (Å²) in [7, 11) is 0. The molecule has 18 heavy (non-hydrogen) atoms. The van der Waals surface area contributed by atoms with E-state index in [4.69, 9.17) is 0 Å². The SMILES string of the molecule is Cc1ccncc1CNC(=O)c1cccc(Br)c1. The molecule has 92 valence electrons. The number of carbonyl (C=O) groups excluding carboxylic acids is 1. The van der Waals surface area contributed by atoms with Gasteiger partial charge < -0.3 is 5.32 Å². The molecular formula is C14H13BrN2O. The highest BCUT2D eigenvalue weighted by Gasteiger charge is 2.06. The monoisotopic (exact) mass is 304 g/mol. The molecule has 0 fully saturated rings. The van der Waals surface area contributed by atoms with Gasteiger partial charge in [0.15, 0.2) is 0 Å². The number of rotatable bonds is 3. The Morgan fingerprint density at radius 1 is 1.39 bits per heavy atom. The van der Waals surface area contributed by atoms with E-state index in [1.807, 2.05) is 25.1 Å². The Labute approximate surface area is 114 Å². The van der Waals surface area contributed by atoms with Gasteiger partial charge >= 0.3 is 0 Å². The van der Waals surface area contributed by atoms with Gasteiger partial charge in [0.1, 0.15) is 0 Å². The quantitative estimate of drug-likeness (QED) is 0.947. The molecule has 0 aliphatic carbocycles. The maximum Gasteiger partial charge on any atom is 0.251 e. The average molecular weight is 305 g/mol. The molecule has 0 spiro atoms. The van der Waals surface area contributed by atoms with E-state index in [-0.39, 0.29) is 5.91 Å². The number of pyridine rings is 1. The highest BCUT2D eigenvalue weighted by molar-refractivity contribution is 9.10. The summed E-state index contributed by atoms with van der Waals surface area (Å²) in [4.78, 5) is 16.0. The Morgan fingerprint density at radius 3 is 2.94 bits per heavy atom. The van der Waals surface area contributed by atoms with Gasteiger partial charge in [0, 0.05) is 29.0 Å². The summed E-state index contributed by atoms with van der Waals surface area (Å²) in [6.45, 7) is 2.49. The first-order valence-electron chi connectivity index (χ1n) is 5.60. The molecule has 0 radical (unpaired) electrons. The molecular weight excluding hydrogens is 292 g/mol. The Morgan fingerprint density at radius 2 is 2.22 bits per heavy atom.